The van der Waals surface area contributed by atoms with Crippen molar-refractivity contribution in [2.75, 3.05) is 39.3 Å². The maximum absolute atomic E-state index is 13.3. The Balaban J connectivity index is 1.44. The van der Waals surface area contributed by atoms with Crippen LogP contribution in [0.3, 0.4) is 0 Å². The summed E-state index contributed by atoms with van der Waals surface area (Å²) in [6.45, 7) is 3.57. The predicted octanol–water partition coefficient (Wildman–Crippen LogP) is 2.57. The van der Waals surface area contributed by atoms with Crippen molar-refractivity contribution in [1.82, 2.24) is 9.80 Å². The summed E-state index contributed by atoms with van der Waals surface area (Å²) in [5, 5.41) is 10.8. The van der Waals surface area contributed by atoms with E-state index in [2.05, 4.69) is 4.90 Å². The Labute approximate surface area is 156 Å². The Hall–Kier alpha value is -3.00. The number of carbonyl (C=O) groups is 1. The van der Waals surface area contributed by atoms with E-state index in [1.165, 1.54) is 30.3 Å². The number of nitro benzene ring substituents is 1. The highest BCUT2D eigenvalue weighted by Crippen LogP contribution is 2.19. The molecule has 1 heterocycles. The fraction of sp³-hybridized carbons (Fsp3) is 0.316. The number of hydrogen-bond donors (Lipinski definition) is 0. The monoisotopic (exact) mass is 373 g/mol. The van der Waals surface area contributed by atoms with E-state index in [0.717, 1.165) is 0 Å². The van der Waals surface area contributed by atoms with Crippen LogP contribution in [0.15, 0.2) is 48.5 Å². The van der Waals surface area contributed by atoms with Gasteiger partial charge in [0.2, 0.25) is 0 Å². The number of nitro groups is 1. The van der Waals surface area contributed by atoms with Gasteiger partial charge >= 0.3 is 0 Å². The summed E-state index contributed by atoms with van der Waals surface area (Å²) >= 11 is 0. The SMILES string of the molecule is O=C(c1cccc(F)c1)N1CCN(CCOc2cccc([N+](=O)[O-])c2)CC1. The molecule has 2 aromatic carbocycles. The molecule has 0 aromatic heterocycles. The van der Waals surface area contributed by atoms with Crippen molar-refractivity contribution in [3.05, 3.63) is 70.0 Å². The highest BCUT2D eigenvalue weighted by atomic mass is 19.1. The third-order valence-electron chi connectivity index (χ3n) is 4.44. The number of carbonyl (C=O) groups excluding carboxylic acids is 1. The molecule has 7 nitrogen and oxygen atoms in total. The molecule has 142 valence electrons. The quantitative estimate of drug-likeness (QED) is 0.575. The lowest BCUT2D eigenvalue weighted by atomic mass is 10.1. The summed E-state index contributed by atoms with van der Waals surface area (Å²) in [5.74, 6) is -0.121. The van der Waals surface area contributed by atoms with E-state index < -0.39 is 10.7 Å². The Bertz CT molecular complexity index is 822. The molecule has 27 heavy (non-hydrogen) atoms. The molecule has 0 atom stereocenters. The lowest BCUT2D eigenvalue weighted by Gasteiger charge is -2.34. The van der Waals surface area contributed by atoms with Crippen LogP contribution in [-0.2, 0) is 0 Å². The van der Waals surface area contributed by atoms with Gasteiger partial charge in [-0.05, 0) is 24.3 Å². The van der Waals surface area contributed by atoms with E-state index >= 15 is 0 Å². The van der Waals surface area contributed by atoms with Crippen molar-refractivity contribution >= 4 is 11.6 Å². The summed E-state index contributed by atoms with van der Waals surface area (Å²) < 4.78 is 18.9. The van der Waals surface area contributed by atoms with Crippen LogP contribution in [0.25, 0.3) is 0 Å². The molecule has 1 aliphatic rings. The minimum Gasteiger partial charge on any atom is -0.492 e. The van der Waals surface area contributed by atoms with E-state index in [9.17, 15) is 19.3 Å². The third-order valence-corrected chi connectivity index (χ3v) is 4.44. The molecule has 0 radical (unpaired) electrons. The smallest absolute Gasteiger partial charge is 0.273 e. The minimum atomic E-state index is -0.457. The van der Waals surface area contributed by atoms with Crippen molar-refractivity contribution in [2.24, 2.45) is 0 Å². The number of hydrogen-bond acceptors (Lipinski definition) is 5. The fourth-order valence-corrected chi connectivity index (χ4v) is 2.96. The predicted molar refractivity (Wildman–Crippen MR) is 97.3 cm³/mol. The number of benzene rings is 2. The molecule has 0 aliphatic carbocycles. The Morgan fingerprint density at radius 1 is 1.11 bits per heavy atom. The maximum Gasteiger partial charge on any atom is 0.273 e. The average molecular weight is 373 g/mol. The van der Waals surface area contributed by atoms with Crippen LogP contribution in [0.5, 0.6) is 5.75 Å². The van der Waals surface area contributed by atoms with Gasteiger partial charge in [0.1, 0.15) is 18.2 Å². The van der Waals surface area contributed by atoms with Crippen LogP contribution in [0.1, 0.15) is 10.4 Å². The van der Waals surface area contributed by atoms with Gasteiger partial charge in [-0.1, -0.05) is 12.1 Å². The zero-order valence-electron chi connectivity index (χ0n) is 14.7. The highest BCUT2D eigenvalue weighted by molar-refractivity contribution is 5.94. The van der Waals surface area contributed by atoms with Crippen molar-refractivity contribution in [3.63, 3.8) is 0 Å². The third kappa shape index (κ3) is 5.01. The molecule has 0 N–H and O–H groups in total. The van der Waals surface area contributed by atoms with E-state index in [4.69, 9.17) is 4.74 Å². The second kappa shape index (κ2) is 8.59. The fourth-order valence-electron chi connectivity index (χ4n) is 2.96. The molecule has 0 unspecified atom stereocenters. The summed E-state index contributed by atoms with van der Waals surface area (Å²) in [6.07, 6.45) is 0. The lowest BCUT2D eigenvalue weighted by Crippen LogP contribution is -2.49. The van der Waals surface area contributed by atoms with Crippen LogP contribution < -0.4 is 4.74 Å². The van der Waals surface area contributed by atoms with E-state index in [0.29, 0.717) is 50.6 Å². The summed E-state index contributed by atoms with van der Waals surface area (Å²) in [5.41, 5.74) is 0.356. The standard InChI is InChI=1S/C19H20FN3O4/c20-16-4-1-3-15(13-16)19(24)22-9-7-21(8-10-22)11-12-27-18-6-2-5-17(14-18)23(25)26/h1-6,13-14H,7-12H2. The van der Waals surface area contributed by atoms with Gasteiger partial charge < -0.3 is 9.64 Å². The van der Waals surface area contributed by atoms with Crippen LogP contribution in [0, 0.1) is 15.9 Å². The minimum absolute atomic E-state index is 0.00280. The summed E-state index contributed by atoms with van der Waals surface area (Å²) in [6, 6.07) is 11.8. The number of piperazine rings is 1. The van der Waals surface area contributed by atoms with Crippen LogP contribution in [0.4, 0.5) is 10.1 Å². The molecule has 0 saturated carbocycles. The molecule has 1 saturated heterocycles. The number of halogens is 1. The lowest BCUT2D eigenvalue weighted by molar-refractivity contribution is -0.384. The van der Waals surface area contributed by atoms with Gasteiger partial charge in [-0.15, -0.1) is 0 Å². The Morgan fingerprint density at radius 3 is 2.56 bits per heavy atom. The molecule has 8 heteroatoms. The van der Waals surface area contributed by atoms with Crippen molar-refractivity contribution in [1.29, 1.82) is 0 Å². The van der Waals surface area contributed by atoms with Crippen LogP contribution >= 0.6 is 0 Å². The van der Waals surface area contributed by atoms with Crippen LogP contribution in [0.2, 0.25) is 0 Å². The van der Waals surface area contributed by atoms with Gasteiger partial charge in [-0.25, -0.2) is 4.39 Å². The zero-order chi connectivity index (χ0) is 19.2. The molecule has 1 fully saturated rings. The van der Waals surface area contributed by atoms with Crippen molar-refractivity contribution in [2.45, 2.75) is 0 Å². The topological polar surface area (TPSA) is 75.9 Å². The number of nitrogens with zero attached hydrogens (tertiary/aromatic N) is 3. The van der Waals surface area contributed by atoms with Gasteiger partial charge in [-0.2, -0.15) is 0 Å². The second-order valence-corrected chi connectivity index (χ2v) is 6.25. The molecular formula is C19H20FN3O4. The van der Waals surface area contributed by atoms with E-state index in [-0.39, 0.29) is 11.6 Å². The number of rotatable bonds is 6. The van der Waals surface area contributed by atoms with Gasteiger partial charge in [0.15, 0.2) is 0 Å². The van der Waals surface area contributed by atoms with Gasteiger partial charge in [0.25, 0.3) is 11.6 Å². The first-order chi connectivity index (χ1) is 13.0. The van der Waals surface area contributed by atoms with Gasteiger partial charge in [-0.3, -0.25) is 19.8 Å². The molecule has 1 aliphatic heterocycles. The second-order valence-electron chi connectivity index (χ2n) is 6.25. The van der Waals surface area contributed by atoms with Crippen molar-refractivity contribution in [3.8, 4) is 5.75 Å². The van der Waals surface area contributed by atoms with Crippen LogP contribution in [-0.4, -0.2) is 60.0 Å². The summed E-state index contributed by atoms with van der Waals surface area (Å²) in [7, 11) is 0. The molecule has 0 spiro atoms. The normalized spacial score (nSPS) is 14.8. The zero-order valence-corrected chi connectivity index (χ0v) is 14.7. The number of ether oxygens (including phenoxy) is 1. The Morgan fingerprint density at radius 2 is 1.85 bits per heavy atom. The first kappa shape index (κ1) is 18.8. The maximum atomic E-state index is 13.3. The first-order valence-electron chi connectivity index (χ1n) is 8.67. The largest absolute Gasteiger partial charge is 0.492 e. The molecule has 0 bridgehead atoms. The van der Waals surface area contributed by atoms with E-state index in [1.54, 1.807) is 23.1 Å². The summed E-state index contributed by atoms with van der Waals surface area (Å²) in [4.78, 5) is 26.6. The number of amides is 1. The van der Waals surface area contributed by atoms with Gasteiger partial charge in [0, 0.05) is 44.4 Å². The van der Waals surface area contributed by atoms with Crippen molar-refractivity contribution < 1.29 is 18.8 Å². The first-order valence-corrected chi connectivity index (χ1v) is 8.67. The highest BCUT2D eigenvalue weighted by Gasteiger charge is 2.22. The molecule has 3 rings (SSSR count). The van der Waals surface area contributed by atoms with E-state index in [1.807, 2.05) is 0 Å². The number of non-ortho nitro benzene ring substituents is 1. The van der Waals surface area contributed by atoms with Gasteiger partial charge in [0.05, 0.1) is 11.0 Å². The molecular weight excluding hydrogens is 353 g/mol. The molecule has 1 amide bonds. The molecule has 2 aromatic rings. The average Bonchev–Trinajstić information content (AvgIpc) is 2.68. The Kier molecular flexibility index (Phi) is 5.97.